The van der Waals surface area contributed by atoms with E-state index in [1.165, 1.54) is 7.11 Å². The minimum atomic E-state index is -1.86. The molecule has 150 valence electrons. The molecular formula is C19H20Cl3N3O2S. The van der Waals surface area contributed by atoms with Crippen LogP contribution in [-0.2, 0) is 0 Å². The first-order valence-electron chi connectivity index (χ1n) is 8.27. The van der Waals surface area contributed by atoms with Crippen LogP contribution in [0.3, 0.4) is 0 Å². The van der Waals surface area contributed by atoms with Crippen molar-refractivity contribution < 1.29 is 9.53 Å². The highest BCUT2D eigenvalue weighted by atomic mass is 35.6. The second-order valence-corrected chi connectivity index (χ2v) is 8.84. The number of alkyl halides is 3. The smallest absolute Gasteiger partial charge is 0.256 e. The highest BCUT2D eigenvalue weighted by molar-refractivity contribution is 7.80. The number of amides is 1. The Morgan fingerprint density at radius 3 is 2.43 bits per heavy atom. The Morgan fingerprint density at radius 1 is 1.11 bits per heavy atom. The molecule has 0 saturated heterocycles. The molecule has 0 aliphatic heterocycles. The van der Waals surface area contributed by atoms with E-state index >= 15 is 0 Å². The van der Waals surface area contributed by atoms with E-state index < -0.39 is 15.9 Å². The number of carbonyl (C=O) groups is 1. The fraction of sp³-hybridized carbons (Fsp3) is 0.263. The number of hydrogen-bond donors (Lipinski definition) is 3. The van der Waals surface area contributed by atoms with Gasteiger partial charge in [-0.15, -0.1) is 0 Å². The standard InChI is InChI=1S/C19H20Cl3N3O2S/c1-11-8-9-12(2)14(10-11)23-18(28)25-17(19(20,21)22)24-16(26)13-6-4-5-7-15(13)27-3/h4-10,17H,1-3H3,(H,24,26)(H2,23,25,28)/t17-/m1/s1. The van der Waals surface area contributed by atoms with Crippen LogP contribution in [-0.4, -0.2) is 28.1 Å². The predicted octanol–water partition coefficient (Wildman–Crippen LogP) is 4.72. The maximum Gasteiger partial charge on any atom is 0.256 e. The average molecular weight is 461 g/mol. The number of aryl methyl sites for hydroxylation is 2. The number of para-hydroxylation sites is 1. The van der Waals surface area contributed by atoms with Gasteiger partial charge in [0.2, 0.25) is 3.79 Å². The number of carbonyl (C=O) groups excluding carboxylic acids is 1. The van der Waals surface area contributed by atoms with Crippen LogP contribution in [0.15, 0.2) is 42.5 Å². The molecule has 0 fully saturated rings. The van der Waals surface area contributed by atoms with Crippen LogP contribution in [0.1, 0.15) is 21.5 Å². The molecule has 5 nitrogen and oxygen atoms in total. The Morgan fingerprint density at radius 2 is 1.79 bits per heavy atom. The summed E-state index contributed by atoms with van der Waals surface area (Å²) in [6.45, 7) is 3.92. The maximum absolute atomic E-state index is 12.6. The third-order valence-electron chi connectivity index (χ3n) is 3.87. The number of benzene rings is 2. The Kier molecular flexibility index (Phi) is 7.78. The molecule has 0 heterocycles. The Hall–Kier alpha value is -1.73. The molecule has 2 rings (SSSR count). The molecule has 0 aliphatic rings. The zero-order valence-corrected chi connectivity index (χ0v) is 18.6. The van der Waals surface area contributed by atoms with Crippen molar-refractivity contribution in [2.75, 3.05) is 12.4 Å². The van der Waals surface area contributed by atoms with E-state index in [9.17, 15) is 4.79 Å². The summed E-state index contributed by atoms with van der Waals surface area (Å²) in [7, 11) is 1.47. The first-order chi connectivity index (χ1) is 13.1. The molecule has 9 heteroatoms. The predicted molar refractivity (Wildman–Crippen MR) is 120 cm³/mol. The maximum atomic E-state index is 12.6. The lowest BCUT2D eigenvalue weighted by atomic mass is 10.1. The van der Waals surface area contributed by atoms with Gasteiger partial charge in [0, 0.05) is 5.69 Å². The number of thiocarbonyl (C=S) groups is 1. The van der Waals surface area contributed by atoms with Gasteiger partial charge in [0.15, 0.2) is 5.11 Å². The van der Waals surface area contributed by atoms with E-state index in [0.717, 1.165) is 16.8 Å². The van der Waals surface area contributed by atoms with Crippen LogP contribution in [0, 0.1) is 13.8 Å². The summed E-state index contributed by atoms with van der Waals surface area (Å²) in [6, 6.07) is 12.6. The lowest BCUT2D eigenvalue weighted by Gasteiger charge is -2.28. The van der Waals surface area contributed by atoms with E-state index in [1.807, 2.05) is 32.0 Å². The van der Waals surface area contributed by atoms with Gasteiger partial charge in [0.1, 0.15) is 11.9 Å². The van der Waals surface area contributed by atoms with Crippen molar-refractivity contribution in [3.05, 3.63) is 59.2 Å². The normalized spacial score (nSPS) is 12.1. The molecule has 0 aliphatic carbocycles. The second kappa shape index (κ2) is 9.65. The molecule has 2 aromatic carbocycles. The largest absolute Gasteiger partial charge is 0.496 e. The summed E-state index contributed by atoms with van der Waals surface area (Å²) in [6.07, 6.45) is -1.08. The molecule has 1 amide bonds. The molecular weight excluding hydrogens is 441 g/mol. The van der Waals surface area contributed by atoms with Crippen LogP contribution >= 0.6 is 47.0 Å². The van der Waals surface area contributed by atoms with Crippen molar-refractivity contribution >= 4 is 63.7 Å². The summed E-state index contributed by atoms with van der Waals surface area (Å²) in [5, 5.41) is 8.74. The first-order valence-corrected chi connectivity index (χ1v) is 9.81. The van der Waals surface area contributed by atoms with E-state index in [1.54, 1.807) is 24.3 Å². The summed E-state index contributed by atoms with van der Waals surface area (Å²) in [5.41, 5.74) is 3.19. The third kappa shape index (κ3) is 6.14. The van der Waals surface area contributed by atoms with Crippen molar-refractivity contribution in [1.29, 1.82) is 0 Å². The van der Waals surface area contributed by atoms with Crippen LogP contribution < -0.4 is 20.7 Å². The fourth-order valence-electron chi connectivity index (χ4n) is 2.40. The van der Waals surface area contributed by atoms with Crippen molar-refractivity contribution in [1.82, 2.24) is 10.6 Å². The lowest BCUT2D eigenvalue weighted by Crippen LogP contribution is -2.56. The van der Waals surface area contributed by atoms with Gasteiger partial charge in [0.25, 0.3) is 5.91 Å². The number of halogens is 3. The average Bonchev–Trinajstić information content (AvgIpc) is 2.63. The van der Waals surface area contributed by atoms with Crippen LogP contribution in [0.25, 0.3) is 0 Å². The van der Waals surface area contributed by atoms with Gasteiger partial charge < -0.3 is 20.7 Å². The zero-order valence-electron chi connectivity index (χ0n) is 15.5. The van der Waals surface area contributed by atoms with E-state index in [2.05, 4.69) is 16.0 Å². The summed E-state index contributed by atoms with van der Waals surface area (Å²) < 4.78 is 3.34. The quantitative estimate of drug-likeness (QED) is 0.342. The second-order valence-electron chi connectivity index (χ2n) is 6.07. The fourth-order valence-corrected chi connectivity index (χ4v) is 2.96. The molecule has 28 heavy (non-hydrogen) atoms. The molecule has 2 aromatic rings. The Labute approximate surface area is 184 Å². The number of nitrogens with one attached hydrogen (secondary N) is 3. The van der Waals surface area contributed by atoms with Gasteiger partial charge in [0.05, 0.1) is 12.7 Å². The van der Waals surface area contributed by atoms with Gasteiger partial charge in [-0.25, -0.2) is 0 Å². The molecule has 0 aromatic heterocycles. The topological polar surface area (TPSA) is 62.4 Å². The van der Waals surface area contributed by atoms with Crippen LogP contribution in [0.2, 0.25) is 0 Å². The number of methoxy groups -OCH3 is 1. The number of ether oxygens (including phenoxy) is 1. The van der Waals surface area contributed by atoms with Gasteiger partial charge in [-0.3, -0.25) is 4.79 Å². The highest BCUT2D eigenvalue weighted by Gasteiger charge is 2.35. The molecule has 0 spiro atoms. The first kappa shape index (κ1) is 22.6. The minimum Gasteiger partial charge on any atom is -0.496 e. The van der Waals surface area contributed by atoms with Gasteiger partial charge >= 0.3 is 0 Å². The number of rotatable bonds is 5. The van der Waals surface area contributed by atoms with Crippen molar-refractivity contribution in [2.24, 2.45) is 0 Å². The van der Waals surface area contributed by atoms with Crippen molar-refractivity contribution in [2.45, 2.75) is 23.8 Å². The SMILES string of the molecule is COc1ccccc1C(=O)N[C@H](NC(=S)Nc1cc(C)ccc1C)C(Cl)(Cl)Cl. The van der Waals surface area contributed by atoms with Crippen molar-refractivity contribution in [3.63, 3.8) is 0 Å². The van der Waals surface area contributed by atoms with Gasteiger partial charge in [-0.05, 0) is 55.4 Å². The molecule has 0 bridgehead atoms. The zero-order chi connectivity index (χ0) is 20.9. The Bertz CT molecular complexity index is 872. The monoisotopic (exact) mass is 459 g/mol. The van der Waals surface area contributed by atoms with E-state index in [0.29, 0.717) is 11.3 Å². The third-order valence-corrected chi connectivity index (χ3v) is 4.75. The van der Waals surface area contributed by atoms with Gasteiger partial charge in [-0.1, -0.05) is 59.1 Å². The van der Waals surface area contributed by atoms with Crippen molar-refractivity contribution in [3.8, 4) is 5.75 Å². The minimum absolute atomic E-state index is 0.199. The molecule has 0 unspecified atom stereocenters. The van der Waals surface area contributed by atoms with E-state index in [-0.39, 0.29) is 5.11 Å². The molecule has 3 N–H and O–H groups in total. The van der Waals surface area contributed by atoms with Gasteiger partial charge in [-0.2, -0.15) is 0 Å². The highest BCUT2D eigenvalue weighted by Crippen LogP contribution is 2.30. The van der Waals surface area contributed by atoms with E-state index in [4.69, 9.17) is 51.8 Å². The number of anilines is 1. The Balaban J connectivity index is 2.14. The summed E-state index contributed by atoms with van der Waals surface area (Å²) in [5.74, 6) is -0.0741. The lowest BCUT2D eigenvalue weighted by molar-refractivity contribution is 0.0931. The molecule has 0 radical (unpaired) electrons. The molecule has 1 atom stereocenters. The summed E-state index contributed by atoms with van der Waals surface area (Å²) in [4.78, 5) is 12.6. The van der Waals surface area contributed by atoms with Crippen LogP contribution in [0.5, 0.6) is 5.75 Å². The molecule has 0 saturated carbocycles. The van der Waals surface area contributed by atoms with Crippen LogP contribution in [0.4, 0.5) is 5.69 Å². The summed E-state index contributed by atoms with van der Waals surface area (Å²) >= 11 is 23.5. The number of hydrogen-bond acceptors (Lipinski definition) is 3.